The minimum atomic E-state index is -0.959. The van der Waals surface area contributed by atoms with Gasteiger partial charge in [-0.15, -0.1) is 0 Å². The quantitative estimate of drug-likeness (QED) is 0.771. The molecule has 1 aromatic carbocycles. The third kappa shape index (κ3) is 6.18. The van der Waals surface area contributed by atoms with Crippen molar-refractivity contribution in [3.63, 3.8) is 0 Å². The van der Waals surface area contributed by atoms with Gasteiger partial charge in [0.2, 0.25) is 0 Å². The average molecular weight is 263 g/mol. The van der Waals surface area contributed by atoms with Crippen LogP contribution >= 0.6 is 0 Å². The lowest BCUT2D eigenvalue weighted by Crippen LogP contribution is -2.35. The van der Waals surface area contributed by atoms with Crippen molar-refractivity contribution in [2.75, 3.05) is 13.6 Å². The van der Waals surface area contributed by atoms with Crippen molar-refractivity contribution in [2.45, 2.75) is 26.0 Å². The largest absolute Gasteiger partial charge is 0.478 e. The number of rotatable bonds is 6. The van der Waals surface area contributed by atoms with Crippen LogP contribution in [0.15, 0.2) is 30.3 Å². The summed E-state index contributed by atoms with van der Waals surface area (Å²) in [6, 6.07) is 7.64. The number of likely N-dealkylation sites (N-methyl/N-ethyl adjacent to an activating group) is 1. The Balaban J connectivity index is 2.80. The molecule has 104 valence electrons. The van der Waals surface area contributed by atoms with E-state index in [0.717, 1.165) is 17.2 Å². The van der Waals surface area contributed by atoms with Gasteiger partial charge in [0.1, 0.15) is 0 Å². The molecule has 0 unspecified atom stereocenters. The molecule has 0 aliphatic heterocycles. The summed E-state index contributed by atoms with van der Waals surface area (Å²) in [5, 5.41) is 18.4. The Morgan fingerprint density at radius 2 is 2.00 bits per heavy atom. The summed E-state index contributed by atoms with van der Waals surface area (Å²) in [6.07, 6.45) is 2.73. The summed E-state index contributed by atoms with van der Waals surface area (Å²) in [5.74, 6) is -0.959. The number of carbonyl (C=O) groups is 1. The summed E-state index contributed by atoms with van der Waals surface area (Å²) in [4.78, 5) is 12.6. The highest BCUT2D eigenvalue weighted by Gasteiger charge is 2.16. The van der Waals surface area contributed by atoms with Crippen LogP contribution < -0.4 is 0 Å². The van der Waals surface area contributed by atoms with Crippen LogP contribution in [0.1, 0.15) is 25.0 Å². The van der Waals surface area contributed by atoms with Gasteiger partial charge in [0.15, 0.2) is 0 Å². The summed E-state index contributed by atoms with van der Waals surface area (Å²) < 4.78 is 0. The van der Waals surface area contributed by atoms with Gasteiger partial charge in [-0.05, 0) is 38.1 Å². The number of carboxylic acid groups (broad SMARTS) is 1. The highest BCUT2D eigenvalue weighted by atomic mass is 16.4. The number of nitrogens with zero attached hydrogens (tertiary/aromatic N) is 1. The molecule has 0 saturated heterocycles. The minimum Gasteiger partial charge on any atom is -0.478 e. The summed E-state index contributed by atoms with van der Waals surface area (Å²) in [7, 11) is 1.93. The van der Waals surface area contributed by atoms with E-state index >= 15 is 0 Å². The molecule has 2 N–H and O–H groups in total. The van der Waals surface area contributed by atoms with Crippen LogP contribution in [0.25, 0.3) is 6.08 Å². The fourth-order valence-corrected chi connectivity index (χ4v) is 2.01. The Labute approximate surface area is 114 Å². The zero-order valence-corrected chi connectivity index (χ0v) is 11.6. The van der Waals surface area contributed by atoms with Crippen molar-refractivity contribution in [1.82, 2.24) is 4.90 Å². The normalized spacial score (nSPS) is 12.3. The van der Waals surface area contributed by atoms with Gasteiger partial charge in [0.25, 0.3) is 0 Å². The van der Waals surface area contributed by atoms with Gasteiger partial charge in [-0.2, -0.15) is 0 Å². The predicted octanol–water partition coefficient (Wildman–Crippen LogP) is 1.99. The number of aliphatic carboxylic acids is 1. The zero-order valence-electron chi connectivity index (χ0n) is 11.6. The van der Waals surface area contributed by atoms with E-state index in [2.05, 4.69) is 0 Å². The molecule has 0 aromatic heterocycles. The minimum absolute atomic E-state index is 0.546. The third-order valence-electron chi connectivity index (χ3n) is 2.56. The van der Waals surface area contributed by atoms with E-state index in [-0.39, 0.29) is 0 Å². The molecular weight excluding hydrogens is 242 g/mol. The van der Waals surface area contributed by atoms with Gasteiger partial charge in [-0.3, -0.25) is 4.90 Å². The lowest BCUT2D eigenvalue weighted by Gasteiger charge is -2.25. The molecule has 4 heteroatoms. The van der Waals surface area contributed by atoms with E-state index in [0.29, 0.717) is 13.1 Å². The Hall–Kier alpha value is -1.65. The third-order valence-corrected chi connectivity index (χ3v) is 2.56. The van der Waals surface area contributed by atoms with E-state index in [1.165, 1.54) is 0 Å². The SMILES string of the molecule is CN(Cc1ccccc1C=CC(=O)O)CC(C)(C)O. The number of benzene rings is 1. The van der Waals surface area contributed by atoms with Gasteiger partial charge in [0.05, 0.1) is 5.60 Å². The van der Waals surface area contributed by atoms with Gasteiger partial charge < -0.3 is 10.2 Å². The fourth-order valence-electron chi connectivity index (χ4n) is 2.01. The first-order chi connectivity index (χ1) is 8.78. The molecule has 4 nitrogen and oxygen atoms in total. The second-order valence-electron chi connectivity index (χ2n) is 5.36. The maximum atomic E-state index is 10.6. The van der Waals surface area contributed by atoms with Crippen molar-refractivity contribution in [3.8, 4) is 0 Å². The van der Waals surface area contributed by atoms with Gasteiger partial charge in [-0.25, -0.2) is 4.79 Å². The average Bonchev–Trinajstić information content (AvgIpc) is 2.25. The molecule has 1 rings (SSSR count). The topological polar surface area (TPSA) is 60.8 Å². The van der Waals surface area contributed by atoms with Crippen molar-refractivity contribution in [2.24, 2.45) is 0 Å². The van der Waals surface area contributed by atoms with E-state index in [1.807, 2.05) is 36.2 Å². The van der Waals surface area contributed by atoms with Crippen LogP contribution in [-0.4, -0.2) is 40.3 Å². The van der Waals surface area contributed by atoms with Crippen LogP contribution in [0.2, 0.25) is 0 Å². The molecule has 0 aliphatic rings. The zero-order chi connectivity index (χ0) is 14.5. The van der Waals surface area contributed by atoms with Crippen LogP contribution in [0, 0.1) is 0 Å². The Bertz CT molecular complexity index is 461. The van der Waals surface area contributed by atoms with E-state index in [4.69, 9.17) is 5.11 Å². The van der Waals surface area contributed by atoms with Crippen molar-refractivity contribution >= 4 is 12.0 Å². The first kappa shape index (κ1) is 15.4. The molecule has 0 fully saturated rings. The van der Waals surface area contributed by atoms with Gasteiger partial charge >= 0.3 is 5.97 Å². The highest BCUT2D eigenvalue weighted by Crippen LogP contribution is 2.14. The Morgan fingerprint density at radius 3 is 2.58 bits per heavy atom. The Kier molecular flexibility index (Phi) is 5.27. The lowest BCUT2D eigenvalue weighted by molar-refractivity contribution is -0.131. The predicted molar refractivity (Wildman–Crippen MR) is 75.7 cm³/mol. The molecule has 0 aliphatic carbocycles. The smallest absolute Gasteiger partial charge is 0.328 e. The van der Waals surface area contributed by atoms with Crippen LogP contribution in [0.4, 0.5) is 0 Å². The number of aliphatic hydroxyl groups is 1. The van der Waals surface area contributed by atoms with E-state index < -0.39 is 11.6 Å². The number of hydrogen-bond acceptors (Lipinski definition) is 3. The lowest BCUT2D eigenvalue weighted by atomic mass is 10.1. The van der Waals surface area contributed by atoms with Crippen LogP contribution in [0.5, 0.6) is 0 Å². The first-order valence-electron chi connectivity index (χ1n) is 6.18. The van der Waals surface area contributed by atoms with E-state index in [1.54, 1.807) is 19.9 Å². The molecule has 0 spiro atoms. The molecular formula is C15H21NO3. The molecule has 0 atom stereocenters. The molecule has 1 aromatic rings. The maximum absolute atomic E-state index is 10.6. The molecule has 0 amide bonds. The Morgan fingerprint density at radius 1 is 1.37 bits per heavy atom. The number of carboxylic acids is 1. The molecule has 0 bridgehead atoms. The van der Waals surface area contributed by atoms with Gasteiger partial charge in [-0.1, -0.05) is 24.3 Å². The second kappa shape index (κ2) is 6.50. The summed E-state index contributed by atoms with van der Waals surface area (Å²) in [6.45, 7) is 4.73. The van der Waals surface area contributed by atoms with Crippen molar-refractivity contribution in [3.05, 3.63) is 41.5 Å². The standard InChI is InChI=1S/C15H21NO3/c1-15(2,19)11-16(3)10-13-7-5-4-6-12(13)8-9-14(17)18/h4-9,19H,10-11H2,1-3H3,(H,17,18). The maximum Gasteiger partial charge on any atom is 0.328 e. The summed E-state index contributed by atoms with van der Waals surface area (Å²) in [5.41, 5.74) is 1.17. The first-order valence-corrected chi connectivity index (χ1v) is 6.18. The van der Waals surface area contributed by atoms with Crippen LogP contribution in [-0.2, 0) is 11.3 Å². The van der Waals surface area contributed by atoms with Crippen molar-refractivity contribution in [1.29, 1.82) is 0 Å². The molecule has 19 heavy (non-hydrogen) atoms. The van der Waals surface area contributed by atoms with E-state index in [9.17, 15) is 9.90 Å². The molecule has 0 radical (unpaired) electrons. The monoisotopic (exact) mass is 263 g/mol. The second-order valence-corrected chi connectivity index (χ2v) is 5.36. The number of hydrogen-bond donors (Lipinski definition) is 2. The molecule has 0 heterocycles. The summed E-state index contributed by atoms with van der Waals surface area (Å²) >= 11 is 0. The fraction of sp³-hybridized carbons (Fsp3) is 0.400. The van der Waals surface area contributed by atoms with Crippen molar-refractivity contribution < 1.29 is 15.0 Å². The van der Waals surface area contributed by atoms with Gasteiger partial charge in [0, 0.05) is 19.2 Å². The highest BCUT2D eigenvalue weighted by molar-refractivity contribution is 5.85. The van der Waals surface area contributed by atoms with Crippen LogP contribution in [0.3, 0.4) is 0 Å². The molecule has 0 saturated carbocycles.